The third-order valence-electron chi connectivity index (χ3n) is 4.59. The van der Waals surface area contributed by atoms with Gasteiger partial charge in [0.05, 0.1) is 11.0 Å². The summed E-state index contributed by atoms with van der Waals surface area (Å²) >= 11 is 0. The minimum absolute atomic E-state index is 0.934. The molecule has 1 fully saturated rings. The zero-order valence-electron chi connectivity index (χ0n) is 13.8. The van der Waals surface area contributed by atoms with Gasteiger partial charge < -0.3 is 14.8 Å². The molecule has 0 spiro atoms. The van der Waals surface area contributed by atoms with Gasteiger partial charge in [-0.25, -0.2) is 9.97 Å². The monoisotopic (exact) mass is 325 g/mol. The molecule has 7 heteroatoms. The lowest BCUT2D eigenvalue weighted by molar-refractivity contribution is 0.281. The first-order valence-corrected chi connectivity index (χ1v) is 8.63. The van der Waals surface area contributed by atoms with E-state index >= 15 is 0 Å². The maximum Gasteiger partial charge on any atom is 0.203 e. The van der Waals surface area contributed by atoms with E-state index in [-0.39, 0.29) is 0 Å². The second kappa shape index (κ2) is 7.00. The topological polar surface area (TPSA) is 65.9 Å². The summed E-state index contributed by atoms with van der Waals surface area (Å²) in [7, 11) is 0. The summed E-state index contributed by atoms with van der Waals surface area (Å²) in [5.74, 6) is 1.00. The molecule has 0 aliphatic carbocycles. The lowest BCUT2D eigenvalue weighted by Gasteiger charge is -2.21. The van der Waals surface area contributed by atoms with Crippen LogP contribution in [0.5, 0.6) is 0 Å². The van der Waals surface area contributed by atoms with Gasteiger partial charge in [0.1, 0.15) is 12.7 Å². The number of hydrogen-bond donors (Lipinski definition) is 1. The highest BCUT2D eigenvalue weighted by Crippen LogP contribution is 2.18. The van der Waals surface area contributed by atoms with Gasteiger partial charge in [-0.2, -0.15) is 5.10 Å². The molecule has 1 aromatic carbocycles. The molecule has 126 valence electrons. The average Bonchev–Trinajstić information content (AvgIpc) is 3.20. The number of aryl methyl sites for hydroxylation is 1. The average molecular weight is 325 g/mol. The molecular weight excluding hydrogens is 302 g/mol. The summed E-state index contributed by atoms with van der Waals surface area (Å²) in [6, 6.07) is 8.22. The maximum absolute atomic E-state index is 4.73. The molecule has 0 atom stereocenters. The van der Waals surface area contributed by atoms with Gasteiger partial charge in [-0.15, -0.1) is 0 Å². The molecule has 0 amide bonds. The third kappa shape index (κ3) is 3.41. The van der Waals surface area contributed by atoms with Gasteiger partial charge in [0.2, 0.25) is 5.95 Å². The van der Waals surface area contributed by atoms with Gasteiger partial charge >= 0.3 is 0 Å². The third-order valence-corrected chi connectivity index (χ3v) is 4.59. The van der Waals surface area contributed by atoms with Crippen LogP contribution in [0.1, 0.15) is 12.8 Å². The molecule has 0 radical (unpaired) electrons. The van der Waals surface area contributed by atoms with Crippen LogP contribution in [-0.4, -0.2) is 62.4 Å². The van der Waals surface area contributed by atoms with Crippen LogP contribution in [0.15, 0.2) is 36.9 Å². The molecule has 0 saturated carbocycles. The Balaban J connectivity index is 1.32. The van der Waals surface area contributed by atoms with Crippen molar-refractivity contribution in [3.05, 3.63) is 36.9 Å². The van der Waals surface area contributed by atoms with Crippen molar-refractivity contribution in [1.29, 1.82) is 0 Å². The molecule has 1 aliphatic rings. The van der Waals surface area contributed by atoms with Crippen molar-refractivity contribution in [3.63, 3.8) is 0 Å². The van der Waals surface area contributed by atoms with Crippen LogP contribution in [0.2, 0.25) is 0 Å². The van der Waals surface area contributed by atoms with Crippen molar-refractivity contribution in [1.82, 2.24) is 29.6 Å². The second-order valence-electron chi connectivity index (χ2n) is 6.27. The highest BCUT2D eigenvalue weighted by atomic mass is 15.3. The van der Waals surface area contributed by atoms with E-state index in [0.717, 1.165) is 62.7 Å². The number of hydrogen-bond acceptors (Lipinski definition) is 5. The lowest BCUT2D eigenvalue weighted by Crippen LogP contribution is -2.32. The first-order chi connectivity index (χ1) is 11.9. The summed E-state index contributed by atoms with van der Waals surface area (Å²) in [6.07, 6.45) is 5.65. The number of imidazole rings is 1. The van der Waals surface area contributed by atoms with E-state index < -0.39 is 0 Å². The van der Waals surface area contributed by atoms with Crippen LogP contribution in [0, 0.1) is 0 Å². The van der Waals surface area contributed by atoms with Gasteiger partial charge in [-0.1, -0.05) is 12.1 Å². The fraction of sp³-hybridized carbons (Fsp3) is 0.471. The highest BCUT2D eigenvalue weighted by Gasteiger charge is 2.17. The van der Waals surface area contributed by atoms with Crippen molar-refractivity contribution in [2.75, 3.05) is 37.6 Å². The molecule has 3 heterocycles. The summed E-state index contributed by atoms with van der Waals surface area (Å²) in [5.41, 5.74) is 2.16. The molecule has 7 nitrogen and oxygen atoms in total. The first kappa shape index (κ1) is 15.1. The van der Waals surface area contributed by atoms with E-state index in [1.807, 2.05) is 16.8 Å². The number of fused-ring (bicyclic) bond motifs is 1. The molecule has 1 aliphatic heterocycles. The van der Waals surface area contributed by atoms with Crippen LogP contribution < -0.4 is 4.90 Å². The Morgan fingerprint density at radius 2 is 2.00 bits per heavy atom. The Morgan fingerprint density at radius 3 is 2.88 bits per heavy atom. The Morgan fingerprint density at radius 1 is 1.04 bits per heavy atom. The summed E-state index contributed by atoms with van der Waals surface area (Å²) in [4.78, 5) is 17.1. The fourth-order valence-electron chi connectivity index (χ4n) is 3.30. The fourth-order valence-corrected chi connectivity index (χ4v) is 3.30. The summed E-state index contributed by atoms with van der Waals surface area (Å²) in [5, 5.41) is 4.16. The first-order valence-electron chi connectivity index (χ1n) is 8.63. The number of nitrogens with one attached hydrogen (secondary N) is 1. The number of anilines is 1. The van der Waals surface area contributed by atoms with Crippen molar-refractivity contribution < 1.29 is 0 Å². The Bertz CT molecular complexity index is 731. The van der Waals surface area contributed by atoms with E-state index in [0.29, 0.717) is 0 Å². The quantitative estimate of drug-likeness (QED) is 0.774. The molecule has 0 unspecified atom stereocenters. The van der Waals surface area contributed by atoms with Crippen LogP contribution in [-0.2, 0) is 6.54 Å². The standard InChI is InChI=1S/C17H23N7/c1-2-6-16-15(5-1)20-17(21-16)23-9-3-7-22(11-12-23)8-4-10-24-14-18-13-19-24/h1-2,5-6,13-14H,3-4,7-12H2,(H,20,21). The number of aromatic nitrogens is 5. The molecule has 0 bridgehead atoms. The molecule has 24 heavy (non-hydrogen) atoms. The van der Waals surface area contributed by atoms with Crippen molar-refractivity contribution >= 4 is 17.0 Å². The summed E-state index contributed by atoms with van der Waals surface area (Å²) < 4.78 is 1.90. The molecule has 1 saturated heterocycles. The number of para-hydroxylation sites is 2. The highest BCUT2D eigenvalue weighted by molar-refractivity contribution is 5.77. The van der Waals surface area contributed by atoms with Crippen LogP contribution in [0.3, 0.4) is 0 Å². The minimum atomic E-state index is 0.934. The van der Waals surface area contributed by atoms with Gasteiger partial charge in [0.15, 0.2) is 0 Å². The maximum atomic E-state index is 4.73. The zero-order valence-corrected chi connectivity index (χ0v) is 13.8. The molecule has 4 rings (SSSR count). The predicted octanol–water partition coefficient (Wildman–Crippen LogP) is 1.76. The van der Waals surface area contributed by atoms with E-state index in [9.17, 15) is 0 Å². The summed E-state index contributed by atoms with van der Waals surface area (Å²) in [6.45, 7) is 6.34. The largest absolute Gasteiger partial charge is 0.341 e. The SMILES string of the molecule is c1ccc2[nH]c(N3CCCN(CCCn4cncn4)CC3)nc2c1. The van der Waals surface area contributed by atoms with Crippen molar-refractivity contribution in [2.24, 2.45) is 0 Å². The smallest absolute Gasteiger partial charge is 0.203 e. The number of rotatable bonds is 5. The Kier molecular flexibility index (Phi) is 4.42. The van der Waals surface area contributed by atoms with E-state index in [1.165, 1.54) is 6.42 Å². The van der Waals surface area contributed by atoms with Crippen molar-refractivity contribution in [3.8, 4) is 0 Å². The zero-order chi connectivity index (χ0) is 16.2. The molecule has 2 aromatic heterocycles. The van der Waals surface area contributed by atoms with Crippen LogP contribution >= 0.6 is 0 Å². The number of nitrogens with zero attached hydrogens (tertiary/aromatic N) is 6. The Labute approximate surface area is 141 Å². The number of H-pyrrole nitrogens is 1. The van der Waals surface area contributed by atoms with E-state index in [2.05, 4.69) is 37.0 Å². The number of aromatic amines is 1. The normalized spacial score (nSPS) is 16.6. The van der Waals surface area contributed by atoms with Gasteiger partial charge in [-0.3, -0.25) is 4.68 Å². The molecule has 3 aromatic rings. The van der Waals surface area contributed by atoms with Gasteiger partial charge in [0, 0.05) is 26.2 Å². The Hall–Kier alpha value is -2.41. The number of benzene rings is 1. The van der Waals surface area contributed by atoms with Gasteiger partial charge in [0.25, 0.3) is 0 Å². The second-order valence-corrected chi connectivity index (χ2v) is 6.27. The minimum Gasteiger partial charge on any atom is -0.341 e. The molecular formula is C17H23N7. The van der Waals surface area contributed by atoms with E-state index in [4.69, 9.17) is 4.98 Å². The van der Waals surface area contributed by atoms with Gasteiger partial charge in [-0.05, 0) is 38.1 Å². The predicted molar refractivity (Wildman–Crippen MR) is 94.0 cm³/mol. The van der Waals surface area contributed by atoms with Crippen molar-refractivity contribution in [2.45, 2.75) is 19.4 Å². The van der Waals surface area contributed by atoms with Crippen LogP contribution in [0.4, 0.5) is 5.95 Å². The lowest BCUT2D eigenvalue weighted by atomic mass is 10.3. The van der Waals surface area contributed by atoms with E-state index in [1.54, 1.807) is 12.7 Å². The molecule has 1 N–H and O–H groups in total. The van der Waals surface area contributed by atoms with Crippen LogP contribution in [0.25, 0.3) is 11.0 Å².